The van der Waals surface area contributed by atoms with E-state index in [2.05, 4.69) is 5.32 Å². The van der Waals surface area contributed by atoms with Crippen molar-refractivity contribution >= 4 is 11.6 Å². The molecule has 0 bridgehead atoms. The summed E-state index contributed by atoms with van der Waals surface area (Å²) in [6, 6.07) is 12.6. The van der Waals surface area contributed by atoms with Gasteiger partial charge < -0.3 is 20.5 Å². The zero-order valence-corrected chi connectivity index (χ0v) is 12.1. The number of rotatable bonds is 5. The molecule has 110 valence electrons. The molecule has 0 unspecified atom stereocenters. The number of carbonyl (C=O) groups is 1. The van der Waals surface area contributed by atoms with Crippen LogP contribution in [0, 0.1) is 0 Å². The summed E-state index contributed by atoms with van der Waals surface area (Å²) >= 11 is 0. The Hall–Kier alpha value is -2.69. The number of hydrogen-bond acceptors (Lipinski definition) is 4. The number of benzene rings is 2. The Morgan fingerprint density at radius 3 is 2.57 bits per heavy atom. The first kappa shape index (κ1) is 14.7. The molecule has 0 aliphatic carbocycles. The van der Waals surface area contributed by atoms with Crippen LogP contribution in [0.5, 0.6) is 11.5 Å². The van der Waals surface area contributed by atoms with E-state index in [1.165, 1.54) is 14.2 Å². The van der Waals surface area contributed by atoms with Gasteiger partial charge in [-0.1, -0.05) is 18.2 Å². The van der Waals surface area contributed by atoms with Crippen LogP contribution in [0.1, 0.15) is 15.9 Å². The van der Waals surface area contributed by atoms with Gasteiger partial charge in [-0.05, 0) is 29.8 Å². The van der Waals surface area contributed by atoms with Gasteiger partial charge in [0.15, 0.2) is 11.5 Å². The minimum absolute atomic E-state index is 0.229. The Balaban J connectivity index is 2.14. The molecule has 5 nitrogen and oxygen atoms in total. The monoisotopic (exact) mass is 286 g/mol. The van der Waals surface area contributed by atoms with E-state index in [9.17, 15) is 4.79 Å². The van der Waals surface area contributed by atoms with Crippen molar-refractivity contribution in [1.29, 1.82) is 0 Å². The molecule has 0 heterocycles. The summed E-state index contributed by atoms with van der Waals surface area (Å²) in [7, 11) is 3.04. The standard InChI is InChI=1S/C16H18N2O3/c1-20-14-8-4-7-13(15(14)21-2)16(19)18-10-11-5-3-6-12(17)9-11/h3-9H,10,17H2,1-2H3,(H,18,19). The number of ether oxygens (including phenoxy) is 2. The highest BCUT2D eigenvalue weighted by atomic mass is 16.5. The first-order chi connectivity index (χ1) is 10.2. The third-order valence-corrected chi connectivity index (χ3v) is 3.05. The molecule has 0 aromatic heterocycles. The van der Waals surface area contributed by atoms with Gasteiger partial charge >= 0.3 is 0 Å². The minimum Gasteiger partial charge on any atom is -0.493 e. The van der Waals surface area contributed by atoms with E-state index >= 15 is 0 Å². The lowest BCUT2D eigenvalue weighted by atomic mass is 10.1. The van der Waals surface area contributed by atoms with E-state index in [1.807, 2.05) is 18.2 Å². The summed E-state index contributed by atoms with van der Waals surface area (Å²) in [6.07, 6.45) is 0. The van der Waals surface area contributed by atoms with Crippen molar-refractivity contribution in [2.75, 3.05) is 20.0 Å². The first-order valence-electron chi connectivity index (χ1n) is 6.49. The number of carbonyl (C=O) groups excluding carboxylic acids is 1. The number of nitrogens with one attached hydrogen (secondary N) is 1. The molecular formula is C16H18N2O3. The van der Waals surface area contributed by atoms with Gasteiger partial charge in [-0.25, -0.2) is 0 Å². The van der Waals surface area contributed by atoms with Crippen LogP contribution in [0.3, 0.4) is 0 Å². The molecular weight excluding hydrogens is 268 g/mol. The Morgan fingerprint density at radius 1 is 1.14 bits per heavy atom. The van der Waals surface area contributed by atoms with Crippen LogP contribution < -0.4 is 20.5 Å². The molecule has 0 aliphatic heterocycles. The summed E-state index contributed by atoms with van der Waals surface area (Å²) in [5, 5.41) is 2.84. The van der Waals surface area contributed by atoms with Crippen LogP contribution in [0.2, 0.25) is 0 Å². The Labute approximate surface area is 123 Å². The van der Waals surface area contributed by atoms with Crippen molar-refractivity contribution in [2.24, 2.45) is 0 Å². The van der Waals surface area contributed by atoms with Crippen molar-refractivity contribution in [3.05, 3.63) is 53.6 Å². The summed E-state index contributed by atoms with van der Waals surface area (Å²) in [5.74, 6) is 0.715. The molecule has 2 aromatic carbocycles. The molecule has 0 saturated heterocycles. The number of methoxy groups -OCH3 is 2. The molecule has 0 radical (unpaired) electrons. The van der Waals surface area contributed by atoms with Crippen LogP contribution in [0.4, 0.5) is 5.69 Å². The zero-order valence-electron chi connectivity index (χ0n) is 12.1. The average Bonchev–Trinajstić information content (AvgIpc) is 2.51. The summed E-state index contributed by atoms with van der Waals surface area (Å²) in [6.45, 7) is 0.393. The van der Waals surface area contributed by atoms with Crippen LogP contribution in [0.25, 0.3) is 0 Å². The second-order valence-corrected chi connectivity index (χ2v) is 4.47. The Bertz CT molecular complexity index is 641. The molecule has 2 rings (SSSR count). The third kappa shape index (κ3) is 3.45. The fourth-order valence-electron chi connectivity index (χ4n) is 2.05. The summed E-state index contributed by atoms with van der Waals surface area (Å²) in [5.41, 5.74) is 7.74. The summed E-state index contributed by atoms with van der Waals surface area (Å²) < 4.78 is 10.4. The molecule has 2 aromatic rings. The van der Waals surface area contributed by atoms with Crippen molar-refractivity contribution in [3.8, 4) is 11.5 Å². The van der Waals surface area contributed by atoms with Gasteiger partial charge in [0.05, 0.1) is 19.8 Å². The number of anilines is 1. The highest BCUT2D eigenvalue weighted by Crippen LogP contribution is 2.30. The van der Waals surface area contributed by atoms with E-state index in [1.54, 1.807) is 24.3 Å². The lowest BCUT2D eigenvalue weighted by Crippen LogP contribution is -2.23. The fourth-order valence-corrected chi connectivity index (χ4v) is 2.05. The van der Waals surface area contributed by atoms with Crippen molar-refractivity contribution in [2.45, 2.75) is 6.54 Å². The maximum atomic E-state index is 12.3. The Morgan fingerprint density at radius 2 is 1.90 bits per heavy atom. The van der Waals surface area contributed by atoms with Crippen LogP contribution >= 0.6 is 0 Å². The van der Waals surface area contributed by atoms with E-state index < -0.39 is 0 Å². The van der Waals surface area contributed by atoms with Gasteiger partial charge in [0, 0.05) is 12.2 Å². The van der Waals surface area contributed by atoms with Crippen molar-refractivity contribution in [1.82, 2.24) is 5.32 Å². The lowest BCUT2D eigenvalue weighted by molar-refractivity contribution is 0.0947. The second-order valence-electron chi connectivity index (χ2n) is 4.47. The van der Waals surface area contributed by atoms with Gasteiger partial charge in [-0.2, -0.15) is 0 Å². The number of nitrogen functional groups attached to an aromatic ring is 1. The fraction of sp³-hybridized carbons (Fsp3) is 0.188. The van der Waals surface area contributed by atoms with E-state index in [-0.39, 0.29) is 5.91 Å². The van der Waals surface area contributed by atoms with E-state index in [0.717, 1.165) is 5.56 Å². The maximum Gasteiger partial charge on any atom is 0.255 e. The largest absolute Gasteiger partial charge is 0.493 e. The quantitative estimate of drug-likeness (QED) is 0.827. The van der Waals surface area contributed by atoms with Crippen molar-refractivity contribution < 1.29 is 14.3 Å². The Kier molecular flexibility index (Phi) is 4.66. The normalized spacial score (nSPS) is 10.0. The number of hydrogen-bond donors (Lipinski definition) is 2. The molecule has 5 heteroatoms. The molecule has 21 heavy (non-hydrogen) atoms. The summed E-state index contributed by atoms with van der Waals surface area (Å²) in [4.78, 5) is 12.3. The third-order valence-electron chi connectivity index (χ3n) is 3.05. The molecule has 1 amide bonds. The number of nitrogens with two attached hydrogens (primary N) is 1. The lowest BCUT2D eigenvalue weighted by Gasteiger charge is -2.12. The highest BCUT2D eigenvalue weighted by Gasteiger charge is 2.15. The second kappa shape index (κ2) is 6.65. The van der Waals surface area contributed by atoms with Crippen LogP contribution in [-0.2, 0) is 6.54 Å². The maximum absolute atomic E-state index is 12.3. The van der Waals surface area contributed by atoms with Gasteiger partial charge in [0.1, 0.15) is 0 Å². The topological polar surface area (TPSA) is 73.6 Å². The van der Waals surface area contributed by atoms with Gasteiger partial charge in [0.2, 0.25) is 0 Å². The smallest absolute Gasteiger partial charge is 0.255 e. The van der Waals surface area contributed by atoms with Crippen LogP contribution in [0.15, 0.2) is 42.5 Å². The van der Waals surface area contributed by atoms with Crippen molar-refractivity contribution in [3.63, 3.8) is 0 Å². The minimum atomic E-state index is -0.229. The highest BCUT2D eigenvalue weighted by molar-refractivity contribution is 5.97. The predicted octanol–water partition coefficient (Wildman–Crippen LogP) is 2.22. The zero-order chi connectivity index (χ0) is 15.2. The van der Waals surface area contributed by atoms with Crippen LogP contribution in [-0.4, -0.2) is 20.1 Å². The molecule has 0 spiro atoms. The molecule has 0 atom stereocenters. The SMILES string of the molecule is COc1cccc(C(=O)NCc2cccc(N)c2)c1OC. The van der Waals surface area contributed by atoms with Gasteiger partial charge in [0.25, 0.3) is 5.91 Å². The number of para-hydroxylation sites is 1. The molecule has 0 saturated carbocycles. The molecule has 3 N–H and O–H groups in total. The first-order valence-corrected chi connectivity index (χ1v) is 6.49. The van der Waals surface area contributed by atoms with Gasteiger partial charge in [-0.3, -0.25) is 4.79 Å². The predicted molar refractivity (Wildman–Crippen MR) is 81.6 cm³/mol. The van der Waals surface area contributed by atoms with E-state index in [0.29, 0.717) is 29.3 Å². The molecule has 0 fully saturated rings. The van der Waals surface area contributed by atoms with Gasteiger partial charge in [-0.15, -0.1) is 0 Å². The molecule has 0 aliphatic rings. The van der Waals surface area contributed by atoms with E-state index in [4.69, 9.17) is 15.2 Å². The number of amides is 1. The average molecular weight is 286 g/mol.